The minimum absolute atomic E-state index is 0.0219. The van der Waals surface area contributed by atoms with E-state index in [-0.39, 0.29) is 35.7 Å². The SMILES string of the molecule is CCCCCN1C(=O)NC2CC(C(=O)NCc3ccc(OC)cc3)CCC2C1=O. The molecule has 1 aliphatic carbocycles. The molecular weight excluding hydrogens is 370 g/mol. The summed E-state index contributed by atoms with van der Waals surface area (Å²) in [6, 6.07) is 7.01. The third-order valence-corrected chi connectivity index (χ3v) is 5.97. The predicted octanol–water partition coefficient (Wildman–Crippen LogP) is 2.84. The smallest absolute Gasteiger partial charge is 0.324 e. The van der Waals surface area contributed by atoms with Gasteiger partial charge < -0.3 is 15.4 Å². The standard InChI is InChI=1S/C22H31N3O4/c1-3-4-5-12-25-21(27)18-11-8-16(13-19(18)24-22(25)28)20(26)23-14-15-6-9-17(29-2)10-7-15/h6-7,9-10,16,18-19H,3-5,8,11-14H2,1-2H3,(H,23,26)(H,24,28). The summed E-state index contributed by atoms with van der Waals surface area (Å²) in [5, 5.41) is 5.95. The molecule has 1 saturated carbocycles. The van der Waals surface area contributed by atoms with E-state index >= 15 is 0 Å². The van der Waals surface area contributed by atoms with Crippen LogP contribution in [0.15, 0.2) is 24.3 Å². The highest BCUT2D eigenvalue weighted by Gasteiger charge is 2.45. The summed E-state index contributed by atoms with van der Waals surface area (Å²) in [4.78, 5) is 39.1. The van der Waals surface area contributed by atoms with Crippen LogP contribution in [0.2, 0.25) is 0 Å². The Balaban J connectivity index is 1.51. The molecule has 1 aromatic rings. The molecule has 4 amide bonds. The minimum Gasteiger partial charge on any atom is -0.497 e. The number of carbonyl (C=O) groups excluding carboxylic acids is 3. The summed E-state index contributed by atoms with van der Waals surface area (Å²) >= 11 is 0. The van der Waals surface area contributed by atoms with E-state index in [0.29, 0.717) is 32.4 Å². The van der Waals surface area contributed by atoms with E-state index in [9.17, 15) is 14.4 Å². The molecule has 7 nitrogen and oxygen atoms in total. The summed E-state index contributed by atoms with van der Waals surface area (Å²) in [7, 11) is 1.62. The highest BCUT2D eigenvalue weighted by Crippen LogP contribution is 2.33. The van der Waals surface area contributed by atoms with Crippen molar-refractivity contribution in [2.45, 2.75) is 58.0 Å². The van der Waals surface area contributed by atoms with Gasteiger partial charge in [0.15, 0.2) is 0 Å². The van der Waals surface area contributed by atoms with Crippen molar-refractivity contribution in [1.82, 2.24) is 15.5 Å². The second kappa shape index (κ2) is 9.76. The van der Waals surface area contributed by atoms with Gasteiger partial charge in [0, 0.05) is 25.0 Å². The summed E-state index contributed by atoms with van der Waals surface area (Å²) in [6.07, 6.45) is 4.70. The summed E-state index contributed by atoms with van der Waals surface area (Å²) < 4.78 is 5.14. The van der Waals surface area contributed by atoms with Crippen LogP contribution in [-0.4, -0.2) is 42.4 Å². The average Bonchev–Trinajstić information content (AvgIpc) is 2.74. The van der Waals surface area contributed by atoms with Gasteiger partial charge in [0.25, 0.3) is 0 Å². The lowest BCUT2D eigenvalue weighted by Gasteiger charge is -2.42. The lowest BCUT2D eigenvalue weighted by molar-refractivity contribution is -0.139. The number of nitrogens with one attached hydrogen (secondary N) is 2. The van der Waals surface area contributed by atoms with Crippen LogP contribution in [0.5, 0.6) is 5.75 Å². The number of ether oxygens (including phenoxy) is 1. The van der Waals surface area contributed by atoms with Crippen LogP contribution in [0.4, 0.5) is 4.79 Å². The number of hydrogen-bond acceptors (Lipinski definition) is 4. The van der Waals surface area contributed by atoms with Gasteiger partial charge in [0.1, 0.15) is 5.75 Å². The number of rotatable bonds is 8. The van der Waals surface area contributed by atoms with Gasteiger partial charge in [-0.3, -0.25) is 14.5 Å². The monoisotopic (exact) mass is 401 g/mol. The van der Waals surface area contributed by atoms with Crippen LogP contribution < -0.4 is 15.4 Å². The predicted molar refractivity (Wildman–Crippen MR) is 109 cm³/mol. The number of fused-ring (bicyclic) bond motifs is 1. The largest absolute Gasteiger partial charge is 0.497 e. The highest BCUT2D eigenvalue weighted by molar-refractivity contribution is 5.99. The molecule has 1 aliphatic heterocycles. The van der Waals surface area contributed by atoms with E-state index in [1.54, 1.807) is 7.11 Å². The molecule has 2 N–H and O–H groups in total. The van der Waals surface area contributed by atoms with Crippen molar-refractivity contribution in [2.24, 2.45) is 11.8 Å². The molecule has 1 saturated heterocycles. The van der Waals surface area contributed by atoms with E-state index in [1.807, 2.05) is 24.3 Å². The van der Waals surface area contributed by atoms with E-state index < -0.39 is 0 Å². The van der Waals surface area contributed by atoms with Crippen LogP contribution in [0, 0.1) is 11.8 Å². The molecule has 3 rings (SSSR count). The zero-order valence-corrected chi connectivity index (χ0v) is 17.3. The van der Waals surface area contributed by atoms with Crippen LogP contribution >= 0.6 is 0 Å². The average molecular weight is 402 g/mol. The van der Waals surface area contributed by atoms with E-state index in [1.165, 1.54) is 4.90 Å². The fraction of sp³-hybridized carbons (Fsp3) is 0.591. The Morgan fingerprint density at radius 3 is 2.66 bits per heavy atom. The van der Waals surface area contributed by atoms with Crippen molar-refractivity contribution in [3.63, 3.8) is 0 Å². The third kappa shape index (κ3) is 5.08. The van der Waals surface area contributed by atoms with Gasteiger partial charge in [-0.15, -0.1) is 0 Å². The molecule has 29 heavy (non-hydrogen) atoms. The number of carbonyl (C=O) groups is 3. The number of unbranched alkanes of at least 4 members (excludes halogenated alkanes) is 2. The van der Waals surface area contributed by atoms with E-state index in [2.05, 4.69) is 17.6 Å². The molecule has 3 atom stereocenters. The van der Waals surface area contributed by atoms with Crippen LogP contribution in [0.1, 0.15) is 51.0 Å². The molecule has 0 spiro atoms. The third-order valence-electron chi connectivity index (χ3n) is 5.97. The normalized spacial score (nSPS) is 23.9. The first kappa shape index (κ1) is 21.1. The van der Waals surface area contributed by atoms with Crippen molar-refractivity contribution in [3.05, 3.63) is 29.8 Å². The molecule has 1 aromatic carbocycles. The number of benzene rings is 1. The lowest BCUT2D eigenvalue weighted by Crippen LogP contribution is -2.62. The first-order valence-corrected chi connectivity index (χ1v) is 10.6. The second-order valence-electron chi connectivity index (χ2n) is 7.94. The Bertz CT molecular complexity index is 734. The number of amides is 4. The zero-order chi connectivity index (χ0) is 20.8. The molecule has 0 radical (unpaired) electrons. The Hall–Kier alpha value is -2.57. The molecule has 3 unspecified atom stereocenters. The molecule has 0 aromatic heterocycles. The Labute approximate surface area is 172 Å². The van der Waals surface area contributed by atoms with Crippen molar-refractivity contribution in [1.29, 1.82) is 0 Å². The van der Waals surface area contributed by atoms with Gasteiger partial charge in [-0.25, -0.2) is 4.79 Å². The highest BCUT2D eigenvalue weighted by atomic mass is 16.5. The van der Waals surface area contributed by atoms with Crippen LogP contribution in [-0.2, 0) is 16.1 Å². The van der Waals surface area contributed by atoms with Crippen LogP contribution in [0.3, 0.4) is 0 Å². The van der Waals surface area contributed by atoms with E-state index in [0.717, 1.165) is 30.6 Å². The summed E-state index contributed by atoms with van der Waals surface area (Å²) in [5.74, 6) is 0.285. The fourth-order valence-corrected chi connectivity index (χ4v) is 4.21. The van der Waals surface area contributed by atoms with Gasteiger partial charge in [-0.2, -0.15) is 0 Å². The summed E-state index contributed by atoms with van der Waals surface area (Å²) in [5.41, 5.74) is 0.997. The first-order chi connectivity index (χ1) is 14.0. The molecule has 7 heteroatoms. The fourth-order valence-electron chi connectivity index (χ4n) is 4.21. The van der Waals surface area contributed by atoms with E-state index in [4.69, 9.17) is 4.74 Å². The number of hydrogen-bond donors (Lipinski definition) is 2. The Kier molecular flexibility index (Phi) is 7.12. The van der Waals surface area contributed by atoms with Gasteiger partial charge >= 0.3 is 6.03 Å². The van der Waals surface area contributed by atoms with Gasteiger partial charge in [0.05, 0.1) is 13.0 Å². The molecule has 2 fully saturated rings. The molecule has 0 bridgehead atoms. The maximum Gasteiger partial charge on any atom is 0.324 e. The van der Waals surface area contributed by atoms with Crippen molar-refractivity contribution < 1.29 is 19.1 Å². The van der Waals surface area contributed by atoms with Gasteiger partial charge in [0.2, 0.25) is 11.8 Å². The number of methoxy groups -OCH3 is 1. The van der Waals surface area contributed by atoms with Crippen LogP contribution in [0.25, 0.3) is 0 Å². The maximum absolute atomic E-state index is 12.8. The van der Waals surface area contributed by atoms with Gasteiger partial charge in [-0.05, 0) is 43.4 Å². The Morgan fingerprint density at radius 1 is 1.21 bits per heavy atom. The topological polar surface area (TPSA) is 87.7 Å². The second-order valence-corrected chi connectivity index (χ2v) is 7.94. The quantitative estimate of drug-likeness (QED) is 0.656. The Morgan fingerprint density at radius 2 is 1.97 bits per heavy atom. The van der Waals surface area contributed by atoms with Crippen molar-refractivity contribution in [3.8, 4) is 5.75 Å². The zero-order valence-electron chi connectivity index (χ0n) is 17.3. The number of urea groups is 1. The molecular formula is C22H31N3O4. The molecule has 1 heterocycles. The number of nitrogens with zero attached hydrogens (tertiary/aromatic N) is 1. The van der Waals surface area contributed by atoms with Crippen molar-refractivity contribution >= 4 is 17.8 Å². The number of imide groups is 1. The summed E-state index contributed by atoms with van der Waals surface area (Å²) in [6.45, 7) is 3.02. The van der Waals surface area contributed by atoms with Crippen molar-refractivity contribution in [2.75, 3.05) is 13.7 Å². The lowest BCUT2D eigenvalue weighted by atomic mass is 9.76. The molecule has 158 valence electrons. The minimum atomic E-state index is -0.313. The first-order valence-electron chi connectivity index (χ1n) is 10.6. The maximum atomic E-state index is 12.8. The molecule has 2 aliphatic rings. The van der Waals surface area contributed by atoms with Gasteiger partial charge in [-0.1, -0.05) is 31.9 Å².